The molecule has 0 spiro atoms. The van der Waals surface area contributed by atoms with Crippen molar-refractivity contribution in [3.8, 4) is 5.75 Å². The van der Waals surface area contributed by atoms with Crippen LogP contribution in [0.25, 0.3) is 6.08 Å². The molecule has 0 amide bonds. The van der Waals surface area contributed by atoms with E-state index in [0.29, 0.717) is 29.8 Å². The average molecular weight is 496 g/mol. The summed E-state index contributed by atoms with van der Waals surface area (Å²) in [6.45, 7) is 2.00. The molecule has 0 aliphatic heterocycles. The van der Waals surface area contributed by atoms with Crippen molar-refractivity contribution in [2.45, 2.75) is 37.2 Å². The third kappa shape index (κ3) is 7.98. The summed E-state index contributed by atoms with van der Waals surface area (Å²) in [5, 5.41) is 19.2. The first kappa shape index (κ1) is 26.0. The van der Waals surface area contributed by atoms with Gasteiger partial charge in [0.2, 0.25) is 0 Å². The van der Waals surface area contributed by atoms with Crippen LogP contribution in [-0.4, -0.2) is 37.3 Å². The Bertz CT molecular complexity index is 1290. The number of carboxylic acid groups (broad SMARTS) is 1. The van der Waals surface area contributed by atoms with Crippen LogP contribution in [0.5, 0.6) is 5.75 Å². The highest BCUT2D eigenvalue weighted by Crippen LogP contribution is 2.21. The number of rotatable bonds is 12. The minimum Gasteiger partial charge on any atom is -0.493 e. The first-order valence-electron chi connectivity index (χ1n) is 11.2. The van der Waals surface area contributed by atoms with E-state index < -0.39 is 22.1 Å². The molecule has 0 bridgehead atoms. The Balaban J connectivity index is 1.56. The maximum absolute atomic E-state index is 12.7. The molecule has 3 aromatic carbocycles. The van der Waals surface area contributed by atoms with E-state index in [1.54, 1.807) is 67.6 Å². The molecule has 3 N–H and O–H groups in total. The van der Waals surface area contributed by atoms with Crippen LogP contribution >= 0.6 is 0 Å². The fourth-order valence-corrected chi connectivity index (χ4v) is 4.77. The molecule has 0 saturated carbocycles. The number of anilines is 1. The molecule has 35 heavy (non-hydrogen) atoms. The second kappa shape index (κ2) is 12.2. The molecule has 0 radical (unpaired) electrons. The van der Waals surface area contributed by atoms with E-state index in [-0.39, 0.29) is 17.9 Å². The second-order valence-electron chi connectivity index (χ2n) is 8.06. The third-order valence-corrected chi connectivity index (χ3v) is 6.83. The van der Waals surface area contributed by atoms with Gasteiger partial charge in [0.15, 0.2) is 0 Å². The predicted molar refractivity (Wildman–Crippen MR) is 136 cm³/mol. The Morgan fingerprint density at radius 3 is 2.57 bits per heavy atom. The van der Waals surface area contributed by atoms with Crippen molar-refractivity contribution in [1.29, 1.82) is 0 Å². The number of aliphatic hydroxyl groups excluding tert-OH is 1. The third-order valence-electron chi connectivity index (χ3n) is 5.28. The van der Waals surface area contributed by atoms with Crippen molar-refractivity contribution in [1.82, 2.24) is 0 Å². The lowest BCUT2D eigenvalue weighted by molar-refractivity contribution is -0.136. The van der Waals surface area contributed by atoms with Crippen molar-refractivity contribution >= 4 is 27.8 Å². The molecular weight excluding hydrogens is 466 g/mol. The van der Waals surface area contributed by atoms with E-state index in [9.17, 15) is 18.3 Å². The van der Waals surface area contributed by atoms with Crippen LogP contribution in [0.1, 0.15) is 29.5 Å². The average Bonchev–Trinajstić information content (AvgIpc) is 2.82. The molecular formula is C27H29NO6S. The van der Waals surface area contributed by atoms with Crippen molar-refractivity contribution in [2.75, 3.05) is 11.3 Å². The van der Waals surface area contributed by atoms with Crippen molar-refractivity contribution in [2.24, 2.45) is 0 Å². The summed E-state index contributed by atoms with van der Waals surface area (Å²) in [6, 6.07) is 20.9. The Kier molecular flexibility index (Phi) is 9.05. The Morgan fingerprint density at radius 1 is 1.06 bits per heavy atom. The van der Waals surface area contributed by atoms with Crippen LogP contribution in [0.2, 0.25) is 0 Å². The lowest BCUT2D eigenvalue weighted by Crippen LogP contribution is -2.14. The highest BCUT2D eigenvalue weighted by molar-refractivity contribution is 7.92. The number of carboxylic acids is 1. The van der Waals surface area contributed by atoms with Crippen molar-refractivity contribution in [3.05, 3.63) is 95.6 Å². The number of sulfonamides is 1. The van der Waals surface area contributed by atoms with E-state index in [4.69, 9.17) is 9.84 Å². The van der Waals surface area contributed by atoms with Crippen LogP contribution in [0.15, 0.2) is 83.8 Å². The summed E-state index contributed by atoms with van der Waals surface area (Å²) in [6.07, 6.45) is 3.30. The zero-order valence-electron chi connectivity index (χ0n) is 19.4. The van der Waals surface area contributed by atoms with Gasteiger partial charge >= 0.3 is 5.97 Å². The second-order valence-corrected chi connectivity index (χ2v) is 9.71. The molecule has 0 aliphatic rings. The number of carbonyl (C=O) groups is 1. The van der Waals surface area contributed by atoms with Gasteiger partial charge in [0, 0.05) is 18.5 Å². The molecule has 184 valence electrons. The van der Waals surface area contributed by atoms with Gasteiger partial charge in [-0.2, -0.15) is 0 Å². The van der Waals surface area contributed by atoms with E-state index >= 15 is 0 Å². The molecule has 0 heterocycles. The van der Waals surface area contributed by atoms with E-state index in [1.807, 2.05) is 24.3 Å². The van der Waals surface area contributed by atoms with Crippen molar-refractivity contribution in [3.63, 3.8) is 0 Å². The van der Waals surface area contributed by atoms with Gasteiger partial charge in [0.05, 0.1) is 17.6 Å². The lowest BCUT2D eigenvalue weighted by Gasteiger charge is -2.12. The number of aliphatic hydroxyl groups is 1. The van der Waals surface area contributed by atoms with Gasteiger partial charge in [-0.1, -0.05) is 60.7 Å². The number of ether oxygens (including phenoxy) is 1. The number of hydrogen-bond acceptors (Lipinski definition) is 5. The number of nitrogens with one attached hydrogen (secondary N) is 1. The smallest absolute Gasteiger partial charge is 0.303 e. The molecule has 0 aliphatic carbocycles. The fourth-order valence-electron chi connectivity index (χ4n) is 3.47. The van der Waals surface area contributed by atoms with Gasteiger partial charge in [-0.25, -0.2) is 8.42 Å². The maximum Gasteiger partial charge on any atom is 0.303 e. The van der Waals surface area contributed by atoms with Crippen LogP contribution in [0, 0.1) is 6.92 Å². The topological polar surface area (TPSA) is 113 Å². The molecule has 1 atom stereocenters. The summed E-state index contributed by atoms with van der Waals surface area (Å²) >= 11 is 0. The quantitative estimate of drug-likeness (QED) is 0.337. The normalized spacial score (nSPS) is 12.4. The fraction of sp³-hybridized carbons (Fsp3) is 0.222. The minimum atomic E-state index is -3.72. The van der Waals surface area contributed by atoms with Gasteiger partial charge in [-0.3, -0.25) is 9.52 Å². The lowest BCUT2D eigenvalue weighted by atomic mass is 10.1. The first-order valence-corrected chi connectivity index (χ1v) is 12.7. The van der Waals surface area contributed by atoms with Crippen LogP contribution in [0.4, 0.5) is 5.69 Å². The number of aryl methyl sites for hydroxylation is 2. The molecule has 0 aromatic heterocycles. The zero-order valence-corrected chi connectivity index (χ0v) is 20.2. The monoisotopic (exact) mass is 495 g/mol. The maximum atomic E-state index is 12.7. The standard InChI is InChI=1S/C27H29NO6S/c1-20-7-2-5-12-26(20)35(32,33)28-23-10-6-8-21(19-23)13-15-24(29)17-18-34-25-11-4-3-9-22(25)14-16-27(30)31/h2-13,15,19,24,28-29H,14,16-18H2,1H3,(H,30,31)/b15-13+/t24-/m0/s1. The van der Waals surface area contributed by atoms with Crippen LogP contribution in [-0.2, 0) is 21.2 Å². The largest absolute Gasteiger partial charge is 0.493 e. The van der Waals surface area contributed by atoms with E-state index in [0.717, 1.165) is 11.1 Å². The summed E-state index contributed by atoms with van der Waals surface area (Å²) < 4.78 is 33.8. The number of para-hydroxylation sites is 1. The number of benzene rings is 3. The van der Waals surface area contributed by atoms with Gasteiger partial charge in [-0.15, -0.1) is 0 Å². The molecule has 3 rings (SSSR count). The highest BCUT2D eigenvalue weighted by Gasteiger charge is 2.16. The molecule has 8 heteroatoms. The summed E-state index contributed by atoms with van der Waals surface area (Å²) in [7, 11) is -3.72. The molecule has 0 fully saturated rings. The summed E-state index contributed by atoms with van der Waals surface area (Å²) in [5.74, 6) is -0.258. The van der Waals surface area contributed by atoms with E-state index in [2.05, 4.69) is 4.72 Å². The van der Waals surface area contributed by atoms with Crippen molar-refractivity contribution < 1.29 is 28.2 Å². The number of hydrogen-bond donors (Lipinski definition) is 3. The number of aliphatic carboxylic acids is 1. The van der Waals surface area contributed by atoms with Gasteiger partial charge in [0.1, 0.15) is 5.75 Å². The highest BCUT2D eigenvalue weighted by atomic mass is 32.2. The van der Waals surface area contributed by atoms with E-state index in [1.165, 1.54) is 0 Å². The molecule has 0 saturated heterocycles. The van der Waals surface area contributed by atoms with Gasteiger partial charge in [-0.05, 0) is 54.3 Å². The summed E-state index contributed by atoms with van der Waals surface area (Å²) in [4.78, 5) is 11.1. The Labute approximate surface area is 205 Å². The van der Waals surface area contributed by atoms with Gasteiger partial charge in [0.25, 0.3) is 10.0 Å². The molecule has 3 aromatic rings. The zero-order chi connectivity index (χ0) is 25.3. The Hall–Kier alpha value is -3.62. The molecule has 0 unspecified atom stereocenters. The Morgan fingerprint density at radius 2 is 1.80 bits per heavy atom. The first-order chi connectivity index (χ1) is 16.7. The van der Waals surface area contributed by atoms with Gasteiger partial charge < -0.3 is 14.9 Å². The predicted octanol–water partition coefficient (Wildman–Crippen LogP) is 4.66. The SMILES string of the molecule is Cc1ccccc1S(=O)(=O)Nc1cccc(/C=C/[C@H](O)CCOc2ccccc2CCC(=O)O)c1. The molecule has 7 nitrogen and oxygen atoms in total. The summed E-state index contributed by atoms with van der Waals surface area (Å²) in [5.41, 5.74) is 2.62. The van der Waals surface area contributed by atoms with Crippen LogP contribution < -0.4 is 9.46 Å². The van der Waals surface area contributed by atoms with Crippen LogP contribution in [0.3, 0.4) is 0 Å². The minimum absolute atomic E-state index is 0.0198.